The Morgan fingerprint density at radius 1 is 1.32 bits per heavy atom. The zero-order valence-corrected chi connectivity index (χ0v) is 12.5. The first-order valence-electron chi connectivity index (χ1n) is 7.43. The number of rotatable bonds is 3. The van der Waals surface area contributed by atoms with Crippen molar-refractivity contribution in [1.82, 2.24) is 4.90 Å². The Kier molecular flexibility index (Phi) is 4.83. The molecule has 1 aromatic rings. The van der Waals surface area contributed by atoms with E-state index in [9.17, 15) is 0 Å². The average Bonchev–Trinajstić information content (AvgIpc) is 2.60. The topological polar surface area (TPSA) is 32.5 Å². The number of nitrogens with two attached hydrogens (primary N) is 1. The van der Waals surface area contributed by atoms with Gasteiger partial charge in [0.15, 0.2) is 0 Å². The number of likely N-dealkylation sites (N-methyl/N-ethyl adjacent to an activating group) is 1. The number of anilines is 1. The van der Waals surface area contributed by atoms with Crippen molar-refractivity contribution in [2.75, 3.05) is 31.6 Å². The quantitative estimate of drug-likeness (QED) is 0.908. The van der Waals surface area contributed by atoms with Gasteiger partial charge in [0.2, 0.25) is 0 Å². The van der Waals surface area contributed by atoms with Crippen LogP contribution in [0.4, 0.5) is 5.69 Å². The van der Waals surface area contributed by atoms with Crippen LogP contribution in [0.15, 0.2) is 24.3 Å². The number of hydrogen-bond acceptors (Lipinski definition) is 3. The van der Waals surface area contributed by atoms with Crippen LogP contribution in [0.3, 0.4) is 0 Å². The van der Waals surface area contributed by atoms with Crippen LogP contribution in [0.25, 0.3) is 0 Å². The van der Waals surface area contributed by atoms with Crippen LogP contribution in [0.1, 0.15) is 38.3 Å². The Morgan fingerprint density at radius 2 is 2.05 bits per heavy atom. The van der Waals surface area contributed by atoms with Gasteiger partial charge in [-0.2, -0.15) is 0 Å². The molecule has 0 bridgehead atoms. The highest BCUT2D eigenvalue weighted by Gasteiger charge is 2.24. The van der Waals surface area contributed by atoms with Gasteiger partial charge >= 0.3 is 0 Å². The zero-order valence-electron chi connectivity index (χ0n) is 12.5. The maximum Gasteiger partial charge on any atom is 0.0417 e. The molecule has 3 nitrogen and oxygen atoms in total. The highest BCUT2D eigenvalue weighted by atomic mass is 15.2. The zero-order chi connectivity index (χ0) is 13.8. The van der Waals surface area contributed by atoms with Crippen LogP contribution in [-0.4, -0.2) is 37.6 Å². The molecule has 0 saturated carbocycles. The van der Waals surface area contributed by atoms with Crippen LogP contribution in [0.2, 0.25) is 0 Å². The summed E-state index contributed by atoms with van der Waals surface area (Å²) in [6.45, 7) is 7.82. The van der Waals surface area contributed by atoms with Crippen molar-refractivity contribution >= 4 is 5.69 Å². The molecule has 2 unspecified atom stereocenters. The Morgan fingerprint density at radius 3 is 2.74 bits per heavy atom. The molecule has 106 valence electrons. The SMILES string of the molecule is CCC1CN(C)CCCN1c1ccccc1C(C)N. The first-order chi connectivity index (χ1) is 9.13. The maximum absolute atomic E-state index is 6.14. The van der Waals surface area contributed by atoms with E-state index in [0.29, 0.717) is 6.04 Å². The first-order valence-corrected chi connectivity index (χ1v) is 7.43. The lowest BCUT2D eigenvalue weighted by Crippen LogP contribution is -2.40. The molecule has 0 amide bonds. The lowest BCUT2D eigenvalue weighted by atomic mass is 10.0. The van der Waals surface area contributed by atoms with Gasteiger partial charge in [-0.3, -0.25) is 0 Å². The second-order valence-corrected chi connectivity index (χ2v) is 5.72. The normalized spacial score (nSPS) is 23.2. The molecular weight excluding hydrogens is 234 g/mol. The minimum Gasteiger partial charge on any atom is -0.367 e. The smallest absolute Gasteiger partial charge is 0.0417 e. The van der Waals surface area contributed by atoms with Crippen LogP contribution in [0.5, 0.6) is 0 Å². The van der Waals surface area contributed by atoms with E-state index in [4.69, 9.17) is 5.73 Å². The summed E-state index contributed by atoms with van der Waals surface area (Å²) < 4.78 is 0. The Bertz CT molecular complexity index is 403. The molecule has 2 atom stereocenters. The molecule has 1 heterocycles. The molecule has 3 heteroatoms. The van der Waals surface area contributed by atoms with Gasteiger partial charge in [0.25, 0.3) is 0 Å². The fourth-order valence-electron chi connectivity index (χ4n) is 3.04. The minimum atomic E-state index is 0.0923. The van der Waals surface area contributed by atoms with Crippen LogP contribution in [-0.2, 0) is 0 Å². The molecule has 0 spiro atoms. The summed E-state index contributed by atoms with van der Waals surface area (Å²) in [5, 5.41) is 0. The van der Waals surface area contributed by atoms with Crippen molar-refractivity contribution in [2.45, 2.75) is 38.8 Å². The summed E-state index contributed by atoms with van der Waals surface area (Å²) in [4.78, 5) is 5.02. The van der Waals surface area contributed by atoms with Crippen molar-refractivity contribution in [3.63, 3.8) is 0 Å². The number of hydrogen-bond donors (Lipinski definition) is 1. The fraction of sp³-hybridized carbons (Fsp3) is 0.625. The summed E-state index contributed by atoms with van der Waals surface area (Å²) in [5.41, 5.74) is 8.74. The van der Waals surface area contributed by atoms with Crippen LogP contribution in [0, 0.1) is 0 Å². The molecule has 1 fully saturated rings. The van der Waals surface area contributed by atoms with Gasteiger partial charge in [0, 0.05) is 30.9 Å². The largest absolute Gasteiger partial charge is 0.367 e. The van der Waals surface area contributed by atoms with E-state index < -0.39 is 0 Å². The standard InChI is InChI=1S/C16H27N3/c1-4-14-12-18(3)10-7-11-19(14)16-9-6-5-8-15(16)13(2)17/h5-6,8-9,13-14H,4,7,10-12,17H2,1-3H3. The molecule has 0 radical (unpaired) electrons. The minimum absolute atomic E-state index is 0.0923. The molecule has 1 aliphatic heterocycles. The summed E-state index contributed by atoms with van der Waals surface area (Å²) in [6.07, 6.45) is 2.40. The van der Waals surface area contributed by atoms with E-state index in [1.807, 2.05) is 0 Å². The molecule has 0 aromatic heterocycles. The molecule has 2 N–H and O–H groups in total. The highest BCUT2D eigenvalue weighted by Crippen LogP contribution is 2.28. The van der Waals surface area contributed by atoms with Gasteiger partial charge in [-0.15, -0.1) is 0 Å². The van der Waals surface area contributed by atoms with E-state index in [1.54, 1.807) is 0 Å². The predicted molar refractivity (Wildman–Crippen MR) is 82.6 cm³/mol. The summed E-state index contributed by atoms with van der Waals surface area (Å²) in [6, 6.07) is 9.30. The van der Waals surface area contributed by atoms with Crippen LogP contribution < -0.4 is 10.6 Å². The third-order valence-electron chi connectivity index (χ3n) is 4.11. The molecular formula is C16H27N3. The molecule has 1 saturated heterocycles. The summed E-state index contributed by atoms with van der Waals surface area (Å²) in [7, 11) is 2.23. The summed E-state index contributed by atoms with van der Waals surface area (Å²) >= 11 is 0. The van der Waals surface area contributed by atoms with E-state index in [2.05, 4.69) is 55.0 Å². The lowest BCUT2D eigenvalue weighted by molar-refractivity contribution is 0.328. The Labute approximate surface area is 117 Å². The third kappa shape index (κ3) is 3.28. The van der Waals surface area contributed by atoms with Gasteiger partial charge < -0.3 is 15.5 Å². The molecule has 2 rings (SSSR count). The highest BCUT2D eigenvalue weighted by molar-refractivity contribution is 5.55. The van der Waals surface area contributed by atoms with Gasteiger partial charge in [-0.25, -0.2) is 0 Å². The number of nitrogens with zero attached hydrogens (tertiary/aromatic N) is 2. The van der Waals surface area contributed by atoms with Gasteiger partial charge in [-0.05, 0) is 45.0 Å². The third-order valence-corrected chi connectivity index (χ3v) is 4.11. The van der Waals surface area contributed by atoms with E-state index in [1.165, 1.54) is 30.6 Å². The van der Waals surface area contributed by atoms with Crippen molar-refractivity contribution in [2.24, 2.45) is 5.73 Å². The van der Waals surface area contributed by atoms with Crippen molar-refractivity contribution in [3.05, 3.63) is 29.8 Å². The van der Waals surface area contributed by atoms with Gasteiger partial charge in [0.1, 0.15) is 0 Å². The van der Waals surface area contributed by atoms with Gasteiger partial charge in [-0.1, -0.05) is 25.1 Å². The second kappa shape index (κ2) is 6.40. The second-order valence-electron chi connectivity index (χ2n) is 5.72. The lowest BCUT2D eigenvalue weighted by Gasteiger charge is -2.34. The first kappa shape index (κ1) is 14.4. The maximum atomic E-state index is 6.14. The van der Waals surface area contributed by atoms with E-state index >= 15 is 0 Å². The number of benzene rings is 1. The van der Waals surface area contributed by atoms with Crippen molar-refractivity contribution < 1.29 is 0 Å². The fourth-order valence-corrected chi connectivity index (χ4v) is 3.04. The number of para-hydroxylation sites is 1. The Balaban J connectivity index is 2.32. The van der Waals surface area contributed by atoms with E-state index in [0.717, 1.165) is 13.1 Å². The van der Waals surface area contributed by atoms with E-state index in [-0.39, 0.29) is 6.04 Å². The van der Waals surface area contributed by atoms with Gasteiger partial charge in [0.05, 0.1) is 0 Å². The summed E-state index contributed by atoms with van der Waals surface area (Å²) in [5.74, 6) is 0. The predicted octanol–water partition coefficient (Wildman–Crippen LogP) is 2.63. The van der Waals surface area contributed by atoms with Crippen molar-refractivity contribution in [3.8, 4) is 0 Å². The monoisotopic (exact) mass is 261 g/mol. The molecule has 1 aromatic carbocycles. The van der Waals surface area contributed by atoms with Crippen LogP contribution >= 0.6 is 0 Å². The molecule has 19 heavy (non-hydrogen) atoms. The molecule has 1 aliphatic rings. The average molecular weight is 261 g/mol. The van der Waals surface area contributed by atoms with Crippen molar-refractivity contribution in [1.29, 1.82) is 0 Å². The molecule has 0 aliphatic carbocycles. The Hall–Kier alpha value is -1.06.